The highest BCUT2D eigenvalue weighted by molar-refractivity contribution is 4.64. The van der Waals surface area contributed by atoms with E-state index in [-0.39, 0.29) is 6.10 Å². The van der Waals surface area contributed by atoms with Crippen LogP contribution in [0.15, 0.2) is 12.7 Å². The molecular formula is C10H22NO2+. The van der Waals surface area contributed by atoms with Crippen LogP contribution < -0.4 is 0 Å². The first-order chi connectivity index (χ1) is 5.95. The average molecular weight is 188 g/mol. The Kier molecular flexibility index (Phi) is 5.95. The molecule has 1 unspecified atom stereocenters. The molecule has 13 heavy (non-hydrogen) atoms. The molecule has 0 heterocycles. The van der Waals surface area contributed by atoms with Crippen molar-refractivity contribution in [2.45, 2.75) is 12.5 Å². The standard InChI is InChI=1S/C10H22NO2/c1-5-8-13-9-10(12)6-7-11(2,3)4/h5,10,12H,1,6-9H2,2-4H3/q+1. The molecule has 0 saturated heterocycles. The van der Waals surface area contributed by atoms with Crippen LogP contribution in [0.1, 0.15) is 6.42 Å². The summed E-state index contributed by atoms with van der Waals surface area (Å²) in [6, 6.07) is 0. The van der Waals surface area contributed by atoms with E-state index in [1.807, 2.05) is 0 Å². The summed E-state index contributed by atoms with van der Waals surface area (Å²) in [7, 11) is 6.33. The summed E-state index contributed by atoms with van der Waals surface area (Å²) in [5.74, 6) is 0. The van der Waals surface area contributed by atoms with Crippen LogP contribution >= 0.6 is 0 Å². The highest BCUT2D eigenvalue weighted by Gasteiger charge is 2.11. The molecule has 0 aliphatic rings. The van der Waals surface area contributed by atoms with Gasteiger partial charge in [0.25, 0.3) is 0 Å². The number of quaternary nitrogens is 1. The van der Waals surface area contributed by atoms with Gasteiger partial charge in [0.05, 0.1) is 47.0 Å². The van der Waals surface area contributed by atoms with Crippen LogP contribution in [0.4, 0.5) is 0 Å². The minimum absolute atomic E-state index is 0.350. The van der Waals surface area contributed by atoms with Crippen LogP contribution in [0.2, 0.25) is 0 Å². The van der Waals surface area contributed by atoms with Crippen molar-refractivity contribution < 1.29 is 14.3 Å². The lowest BCUT2D eigenvalue weighted by molar-refractivity contribution is -0.870. The molecule has 0 fully saturated rings. The third kappa shape index (κ3) is 9.53. The van der Waals surface area contributed by atoms with E-state index in [9.17, 15) is 5.11 Å². The Morgan fingerprint density at radius 3 is 2.54 bits per heavy atom. The van der Waals surface area contributed by atoms with Gasteiger partial charge in [0.2, 0.25) is 0 Å². The summed E-state index contributed by atoms with van der Waals surface area (Å²) < 4.78 is 6.01. The molecule has 1 atom stereocenters. The van der Waals surface area contributed by atoms with Gasteiger partial charge in [-0.05, 0) is 0 Å². The maximum Gasteiger partial charge on any atom is 0.0827 e. The molecule has 1 N–H and O–H groups in total. The fourth-order valence-electron chi connectivity index (χ4n) is 0.907. The molecule has 0 aliphatic carbocycles. The summed E-state index contributed by atoms with van der Waals surface area (Å²) in [6.07, 6.45) is 2.12. The van der Waals surface area contributed by atoms with Gasteiger partial charge in [0.1, 0.15) is 0 Å². The molecule has 78 valence electrons. The summed E-state index contributed by atoms with van der Waals surface area (Å²) in [6.45, 7) is 5.41. The number of hydrogen-bond donors (Lipinski definition) is 1. The predicted molar refractivity (Wildman–Crippen MR) is 54.5 cm³/mol. The van der Waals surface area contributed by atoms with Crippen molar-refractivity contribution in [1.29, 1.82) is 0 Å². The van der Waals surface area contributed by atoms with Gasteiger partial charge in [0, 0.05) is 6.42 Å². The highest BCUT2D eigenvalue weighted by atomic mass is 16.5. The quantitative estimate of drug-likeness (QED) is 0.361. The van der Waals surface area contributed by atoms with Crippen molar-refractivity contribution >= 4 is 0 Å². The second-order valence-electron chi connectivity index (χ2n) is 4.28. The van der Waals surface area contributed by atoms with E-state index in [1.165, 1.54) is 0 Å². The monoisotopic (exact) mass is 188 g/mol. The first-order valence-electron chi connectivity index (χ1n) is 4.63. The molecule has 0 aromatic rings. The molecular weight excluding hydrogens is 166 g/mol. The van der Waals surface area contributed by atoms with E-state index in [1.54, 1.807) is 6.08 Å². The lowest BCUT2D eigenvalue weighted by Crippen LogP contribution is -2.37. The Balaban J connectivity index is 3.40. The van der Waals surface area contributed by atoms with Crippen LogP contribution in [0.5, 0.6) is 0 Å². The van der Waals surface area contributed by atoms with Gasteiger partial charge >= 0.3 is 0 Å². The number of rotatable bonds is 7. The lowest BCUT2D eigenvalue weighted by atomic mass is 10.2. The number of ether oxygens (including phenoxy) is 1. The second-order valence-corrected chi connectivity index (χ2v) is 4.28. The normalized spacial score (nSPS) is 14.2. The zero-order valence-corrected chi connectivity index (χ0v) is 8.99. The topological polar surface area (TPSA) is 29.5 Å². The van der Waals surface area contributed by atoms with E-state index < -0.39 is 0 Å². The minimum Gasteiger partial charge on any atom is -0.390 e. The van der Waals surface area contributed by atoms with Crippen molar-refractivity contribution in [3.05, 3.63) is 12.7 Å². The van der Waals surface area contributed by atoms with Gasteiger partial charge in [-0.1, -0.05) is 6.08 Å². The molecule has 0 spiro atoms. The third-order valence-corrected chi connectivity index (χ3v) is 1.68. The molecule has 0 saturated carbocycles. The number of nitrogens with zero attached hydrogens (tertiary/aromatic N) is 1. The third-order valence-electron chi connectivity index (χ3n) is 1.68. The van der Waals surface area contributed by atoms with Crippen molar-refractivity contribution in [2.24, 2.45) is 0 Å². The maximum absolute atomic E-state index is 9.47. The van der Waals surface area contributed by atoms with Crippen molar-refractivity contribution in [3.63, 3.8) is 0 Å². The lowest BCUT2D eigenvalue weighted by Gasteiger charge is -2.25. The van der Waals surface area contributed by atoms with E-state index >= 15 is 0 Å². The molecule has 3 nitrogen and oxygen atoms in total. The van der Waals surface area contributed by atoms with Crippen LogP contribution in [0.25, 0.3) is 0 Å². The smallest absolute Gasteiger partial charge is 0.0827 e. The fourth-order valence-corrected chi connectivity index (χ4v) is 0.907. The van der Waals surface area contributed by atoms with Crippen molar-refractivity contribution in [2.75, 3.05) is 40.9 Å². The van der Waals surface area contributed by atoms with Gasteiger partial charge < -0.3 is 14.3 Å². The van der Waals surface area contributed by atoms with Gasteiger partial charge in [-0.25, -0.2) is 0 Å². The molecule has 0 radical (unpaired) electrons. The highest BCUT2D eigenvalue weighted by Crippen LogP contribution is 1.99. The van der Waals surface area contributed by atoms with Crippen LogP contribution in [-0.4, -0.2) is 56.6 Å². The molecule has 0 amide bonds. The Labute approximate surface area is 81.2 Å². The molecule has 0 bridgehead atoms. The van der Waals surface area contributed by atoms with Crippen molar-refractivity contribution in [3.8, 4) is 0 Å². The summed E-state index contributed by atoms with van der Waals surface area (Å²) in [5.41, 5.74) is 0. The van der Waals surface area contributed by atoms with Gasteiger partial charge in [-0.3, -0.25) is 0 Å². The second kappa shape index (κ2) is 6.13. The SMILES string of the molecule is C=CCOCC(O)CC[N+](C)(C)C. The van der Waals surface area contributed by atoms with E-state index in [0.717, 1.165) is 17.4 Å². The Morgan fingerprint density at radius 2 is 2.08 bits per heavy atom. The van der Waals surface area contributed by atoms with Crippen LogP contribution in [0.3, 0.4) is 0 Å². The zero-order chi connectivity index (χ0) is 10.3. The molecule has 0 rings (SSSR count). The average Bonchev–Trinajstić information content (AvgIpc) is 2.00. The predicted octanol–water partition coefficient (Wildman–Crippen LogP) is 0.646. The zero-order valence-electron chi connectivity index (χ0n) is 8.99. The molecule has 0 aromatic carbocycles. The number of aliphatic hydroxyl groups excluding tert-OH is 1. The fraction of sp³-hybridized carbons (Fsp3) is 0.800. The number of aliphatic hydroxyl groups is 1. The maximum atomic E-state index is 9.47. The van der Waals surface area contributed by atoms with Crippen LogP contribution in [0, 0.1) is 0 Å². The van der Waals surface area contributed by atoms with Gasteiger partial charge in [-0.2, -0.15) is 0 Å². The Hall–Kier alpha value is -0.380. The van der Waals surface area contributed by atoms with Crippen LogP contribution in [-0.2, 0) is 4.74 Å². The molecule has 0 aliphatic heterocycles. The summed E-state index contributed by atoms with van der Waals surface area (Å²) in [4.78, 5) is 0. The van der Waals surface area contributed by atoms with Gasteiger partial charge in [0.15, 0.2) is 0 Å². The summed E-state index contributed by atoms with van der Waals surface area (Å²) in [5, 5.41) is 9.47. The van der Waals surface area contributed by atoms with Gasteiger partial charge in [-0.15, -0.1) is 6.58 Å². The molecule has 3 heteroatoms. The Bertz CT molecular complexity index is 140. The molecule has 0 aromatic heterocycles. The van der Waals surface area contributed by atoms with E-state index in [4.69, 9.17) is 4.74 Å². The Morgan fingerprint density at radius 1 is 1.46 bits per heavy atom. The van der Waals surface area contributed by atoms with E-state index in [2.05, 4.69) is 27.7 Å². The van der Waals surface area contributed by atoms with E-state index in [0.29, 0.717) is 13.2 Å². The first-order valence-corrected chi connectivity index (χ1v) is 4.63. The van der Waals surface area contributed by atoms with Crippen molar-refractivity contribution in [1.82, 2.24) is 0 Å². The first kappa shape index (κ1) is 12.6. The largest absolute Gasteiger partial charge is 0.390 e. The minimum atomic E-state index is -0.350. The number of hydrogen-bond acceptors (Lipinski definition) is 2. The summed E-state index contributed by atoms with van der Waals surface area (Å²) >= 11 is 0.